The Kier molecular flexibility index (Phi) is 3.82. The highest BCUT2D eigenvalue weighted by atomic mass is 16.2. The Morgan fingerprint density at radius 3 is 2.60 bits per heavy atom. The van der Waals surface area contributed by atoms with Crippen molar-refractivity contribution in [1.82, 2.24) is 14.7 Å². The van der Waals surface area contributed by atoms with Crippen LogP contribution in [-0.2, 0) is 4.79 Å². The minimum Gasteiger partial charge on any atom is -0.369 e. The fourth-order valence-electron chi connectivity index (χ4n) is 3.61. The first-order chi connectivity index (χ1) is 12.1. The average Bonchev–Trinajstić information content (AvgIpc) is 3.15. The Morgan fingerprint density at radius 2 is 1.96 bits per heavy atom. The Morgan fingerprint density at radius 1 is 1.20 bits per heavy atom. The topological polar surface area (TPSA) is 81.2 Å². The summed E-state index contributed by atoms with van der Waals surface area (Å²) in [5, 5.41) is 4.53. The smallest absolute Gasteiger partial charge is 0.257 e. The monoisotopic (exact) mass is 338 g/mol. The van der Waals surface area contributed by atoms with E-state index in [-0.39, 0.29) is 17.7 Å². The third-order valence-corrected chi connectivity index (χ3v) is 5.22. The number of primary amides is 1. The van der Waals surface area contributed by atoms with Gasteiger partial charge < -0.3 is 10.6 Å². The largest absolute Gasteiger partial charge is 0.369 e. The Hall–Kier alpha value is -2.63. The first-order valence-electron chi connectivity index (χ1n) is 8.78. The van der Waals surface area contributed by atoms with Crippen molar-refractivity contribution in [2.24, 2.45) is 11.7 Å². The van der Waals surface area contributed by atoms with E-state index in [9.17, 15) is 9.59 Å². The quantitative estimate of drug-likeness (QED) is 0.926. The van der Waals surface area contributed by atoms with Crippen LogP contribution >= 0.6 is 0 Å². The standard InChI is InChI=1S/C19H22N4O2/c1-12-4-2-3-5-16(12)23-17(13-6-7-13)15(10-21-23)19(25)22-9-8-14(11-22)18(20)24/h2-5,10,13-14H,6-9,11H2,1H3,(H2,20,24)/t14-/m0/s1. The molecule has 1 aromatic carbocycles. The van der Waals surface area contributed by atoms with Gasteiger partial charge in [0.05, 0.1) is 29.1 Å². The molecule has 6 heteroatoms. The zero-order valence-electron chi connectivity index (χ0n) is 14.3. The van der Waals surface area contributed by atoms with Crippen molar-refractivity contribution < 1.29 is 9.59 Å². The molecule has 2 fully saturated rings. The van der Waals surface area contributed by atoms with Crippen LogP contribution in [0, 0.1) is 12.8 Å². The molecule has 1 aromatic heterocycles. The molecular formula is C19H22N4O2. The van der Waals surface area contributed by atoms with Crippen LogP contribution in [0.15, 0.2) is 30.5 Å². The van der Waals surface area contributed by atoms with E-state index in [4.69, 9.17) is 5.73 Å². The van der Waals surface area contributed by atoms with Crippen molar-refractivity contribution in [3.8, 4) is 5.69 Å². The lowest BCUT2D eigenvalue weighted by Gasteiger charge is -2.17. The van der Waals surface area contributed by atoms with Gasteiger partial charge in [-0.15, -0.1) is 0 Å². The number of nitrogens with two attached hydrogens (primary N) is 1. The summed E-state index contributed by atoms with van der Waals surface area (Å²) in [4.78, 5) is 26.1. The third-order valence-electron chi connectivity index (χ3n) is 5.22. The summed E-state index contributed by atoms with van der Waals surface area (Å²) in [6.07, 6.45) is 4.50. The number of hydrogen-bond donors (Lipinski definition) is 1. The van der Waals surface area contributed by atoms with E-state index < -0.39 is 0 Å². The third kappa shape index (κ3) is 2.81. The fraction of sp³-hybridized carbons (Fsp3) is 0.421. The number of para-hydroxylation sites is 1. The molecule has 1 saturated carbocycles. The van der Waals surface area contributed by atoms with Crippen LogP contribution < -0.4 is 5.73 Å². The number of benzene rings is 1. The van der Waals surface area contributed by atoms with Gasteiger partial charge in [-0.2, -0.15) is 5.10 Å². The molecule has 1 saturated heterocycles. The predicted molar refractivity (Wildman–Crippen MR) is 93.5 cm³/mol. The molecule has 1 aliphatic heterocycles. The molecule has 0 unspecified atom stereocenters. The van der Waals surface area contributed by atoms with E-state index in [1.165, 1.54) is 0 Å². The Bertz CT molecular complexity index is 838. The van der Waals surface area contributed by atoms with Crippen molar-refractivity contribution in [3.63, 3.8) is 0 Å². The second-order valence-electron chi connectivity index (χ2n) is 7.06. The molecule has 2 aromatic rings. The minimum absolute atomic E-state index is 0.0366. The zero-order valence-corrected chi connectivity index (χ0v) is 14.3. The van der Waals surface area contributed by atoms with Crippen molar-refractivity contribution in [2.75, 3.05) is 13.1 Å². The maximum Gasteiger partial charge on any atom is 0.257 e. The molecule has 2 amide bonds. The van der Waals surface area contributed by atoms with Crippen molar-refractivity contribution in [2.45, 2.75) is 32.1 Å². The fourth-order valence-corrected chi connectivity index (χ4v) is 3.61. The van der Waals surface area contributed by atoms with E-state index in [2.05, 4.69) is 5.10 Å². The van der Waals surface area contributed by atoms with E-state index >= 15 is 0 Å². The second-order valence-corrected chi connectivity index (χ2v) is 7.06. The van der Waals surface area contributed by atoms with Crippen LogP contribution in [0.4, 0.5) is 0 Å². The van der Waals surface area contributed by atoms with Crippen LogP contribution in [0.3, 0.4) is 0 Å². The lowest BCUT2D eigenvalue weighted by molar-refractivity contribution is -0.121. The van der Waals surface area contributed by atoms with E-state index in [1.807, 2.05) is 35.9 Å². The normalized spacial score (nSPS) is 20.0. The van der Waals surface area contributed by atoms with Gasteiger partial charge in [0.1, 0.15) is 0 Å². The van der Waals surface area contributed by atoms with Crippen LogP contribution in [-0.4, -0.2) is 39.6 Å². The summed E-state index contributed by atoms with van der Waals surface area (Å²) < 4.78 is 1.92. The highest BCUT2D eigenvalue weighted by Crippen LogP contribution is 2.43. The molecule has 130 valence electrons. The first kappa shape index (κ1) is 15.9. The number of aromatic nitrogens is 2. The minimum atomic E-state index is -0.326. The van der Waals surface area contributed by atoms with Crippen LogP contribution in [0.2, 0.25) is 0 Å². The molecule has 0 bridgehead atoms. The van der Waals surface area contributed by atoms with Gasteiger partial charge in [-0.25, -0.2) is 4.68 Å². The molecule has 2 N–H and O–H groups in total. The maximum absolute atomic E-state index is 13.0. The Labute approximate surface area is 146 Å². The SMILES string of the molecule is Cc1ccccc1-n1ncc(C(=O)N2CC[C@H](C(N)=O)C2)c1C1CC1. The van der Waals surface area contributed by atoms with Crippen molar-refractivity contribution in [3.05, 3.63) is 47.3 Å². The Balaban J connectivity index is 1.68. The maximum atomic E-state index is 13.0. The zero-order chi connectivity index (χ0) is 17.6. The van der Waals surface area contributed by atoms with Crippen LogP contribution in [0.1, 0.15) is 46.8 Å². The molecule has 1 aliphatic carbocycles. The number of nitrogens with zero attached hydrogens (tertiary/aromatic N) is 3. The van der Waals surface area contributed by atoms with Gasteiger partial charge in [-0.3, -0.25) is 9.59 Å². The molecule has 4 rings (SSSR count). The number of likely N-dealkylation sites (tertiary alicyclic amines) is 1. The lowest BCUT2D eigenvalue weighted by Crippen LogP contribution is -2.32. The van der Waals surface area contributed by atoms with Crippen molar-refractivity contribution in [1.29, 1.82) is 0 Å². The van der Waals surface area contributed by atoms with Crippen LogP contribution in [0.5, 0.6) is 0 Å². The molecule has 2 heterocycles. The number of rotatable bonds is 4. The molecular weight excluding hydrogens is 316 g/mol. The van der Waals surface area contributed by atoms with Gasteiger partial charge in [0.25, 0.3) is 5.91 Å². The van der Waals surface area contributed by atoms with Crippen molar-refractivity contribution >= 4 is 11.8 Å². The number of aryl methyl sites for hydroxylation is 1. The van der Waals surface area contributed by atoms with Gasteiger partial charge >= 0.3 is 0 Å². The number of amides is 2. The van der Waals surface area contributed by atoms with Gasteiger partial charge in [-0.1, -0.05) is 18.2 Å². The predicted octanol–water partition coefficient (Wildman–Crippen LogP) is 2.01. The highest BCUT2D eigenvalue weighted by Gasteiger charge is 2.36. The summed E-state index contributed by atoms with van der Waals surface area (Å²) in [5.74, 6) is -0.214. The number of carbonyl (C=O) groups is 2. The van der Waals surface area contributed by atoms with Gasteiger partial charge in [-0.05, 0) is 37.8 Å². The molecule has 0 radical (unpaired) electrons. The highest BCUT2D eigenvalue weighted by molar-refractivity contribution is 5.96. The van der Waals surface area contributed by atoms with E-state index in [0.29, 0.717) is 31.0 Å². The molecule has 6 nitrogen and oxygen atoms in total. The second kappa shape index (κ2) is 6.02. The van der Waals surface area contributed by atoms with Gasteiger partial charge in [0.2, 0.25) is 5.91 Å². The molecule has 25 heavy (non-hydrogen) atoms. The summed E-state index contributed by atoms with van der Waals surface area (Å²) in [5.41, 5.74) is 9.19. The average molecular weight is 338 g/mol. The summed E-state index contributed by atoms with van der Waals surface area (Å²) >= 11 is 0. The lowest BCUT2D eigenvalue weighted by atomic mass is 10.1. The first-order valence-corrected chi connectivity index (χ1v) is 8.78. The summed E-state index contributed by atoms with van der Waals surface area (Å²) in [6.45, 7) is 3.03. The number of hydrogen-bond acceptors (Lipinski definition) is 3. The molecule has 0 spiro atoms. The summed E-state index contributed by atoms with van der Waals surface area (Å²) in [7, 11) is 0. The van der Waals surface area contributed by atoms with E-state index in [1.54, 1.807) is 11.1 Å². The van der Waals surface area contributed by atoms with Gasteiger partial charge in [0, 0.05) is 19.0 Å². The molecule has 1 atom stereocenters. The number of carbonyl (C=O) groups excluding carboxylic acids is 2. The molecule has 2 aliphatic rings. The van der Waals surface area contributed by atoms with E-state index in [0.717, 1.165) is 29.8 Å². The van der Waals surface area contributed by atoms with Crippen LogP contribution in [0.25, 0.3) is 5.69 Å². The summed E-state index contributed by atoms with van der Waals surface area (Å²) in [6, 6.07) is 8.06. The van der Waals surface area contributed by atoms with Gasteiger partial charge in [0.15, 0.2) is 0 Å².